The topological polar surface area (TPSA) is 46.1 Å². The zero-order valence-corrected chi connectivity index (χ0v) is 9.70. The van der Waals surface area contributed by atoms with Gasteiger partial charge in [0.05, 0.1) is 0 Å². The van der Waals surface area contributed by atoms with E-state index in [1.165, 1.54) is 5.56 Å². The number of hydrogen-bond donors (Lipinski definition) is 2. The van der Waals surface area contributed by atoms with Gasteiger partial charge < -0.3 is 15.2 Å². The average molecular weight is 221 g/mol. The predicted molar refractivity (Wildman–Crippen MR) is 63.0 cm³/mol. The van der Waals surface area contributed by atoms with Crippen molar-refractivity contribution in [3.8, 4) is 0 Å². The average Bonchev–Trinajstić information content (AvgIpc) is 2.85. The molecule has 88 valence electrons. The smallest absolute Gasteiger partial charge is 0.221 e. The number of carbonyl (C=O) groups excluding carboxylic acids is 1. The minimum Gasteiger partial charge on any atom is -0.354 e. The highest BCUT2D eigenvalue weighted by atomic mass is 16.1. The second kappa shape index (κ2) is 5.16. The lowest BCUT2D eigenvalue weighted by Gasteiger charge is -2.08. The van der Waals surface area contributed by atoms with Crippen molar-refractivity contribution in [3.63, 3.8) is 0 Å². The Bertz CT molecular complexity index is 359. The number of nitrogens with zero attached hydrogens (tertiary/aromatic N) is 1. The highest BCUT2D eigenvalue weighted by molar-refractivity contribution is 5.78. The van der Waals surface area contributed by atoms with Crippen LogP contribution in [0.15, 0.2) is 18.5 Å². The molecule has 2 N–H and O–H groups in total. The number of hydrogen-bond acceptors (Lipinski definition) is 2. The molecule has 0 saturated carbocycles. The molecule has 1 aliphatic heterocycles. The van der Waals surface area contributed by atoms with Crippen molar-refractivity contribution in [2.75, 3.05) is 6.54 Å². The molecule has 1 atom stereocenters. The molecule has 2 heterocycles. The van der Waals surface area contributed by atoms with Crippen LogP contribution in [0, 0.1) is 0 Å². The molecule has 1 saturated heterocycles. The van der Waals surface area contributed by atoms with E-state index in [0.29, 0.717) is 12.5 Å². The fraction of sp³-hybridized carbons (Fsp3) is 0.583. The van der Waals surface area contributed by atoms with Crippen molar-refractivity contribution in [2.45, 2.75) is 38.9 Å². The summed E-state index contributed by atoms with van der Waals surface area (Å²) in [5.74, 6) is 0.154. The predicted octanol–water partition coefficient (Wildman–Crippen LogP) is 0.876. The zero-order chi connectivity index (χ0) is 11.4. The lowest BCUT2D eigenvalue weighted by Crippen LogP contribution is -2.30. The largest absolute Gasteiger partial charge is 0.354 e. The van der Waals surface area contributed by atoms with Gasteiger partial charge in [0.2, 0.25) is 5.91 Å². The van der Waals surface area contributed by atoms with Crippen LogP contribution in [0.2, 0.25) is 0 Å². The normalized spacial score (nSPS) is 20.1. The molecular weight excluding hydrogens is 202 g/mol. The number of aromatic nitrogens is 1. The lowest BCUT2D eigenvalue weighted by atomic mass is 10.2. The molecule has 0 radical (unpaired) electrons. The molecule has 1 fully saturated rings. The lowest BCUT2D eigenvalue weighted by molar-refractivity contribution is -0.119. The Morgan fingerprint density at radius 3 is 3.19 bits per heavy atom. The fourth-order valence-electron chi connectivity index (χ4n) is 2.00. The first-order valence-corrected chi connectivity index (χ1v) is 5.92. The molecule has 0 spiro atoms. The molecule has 1 amide bonds. The van der Waals surface area contributed by atoms with Crippen molar-refractivity contribution in [1.29, 1.82) is 0 Å². The third kappa shape index (κ3) is 2.85. The van der Waals surface area contributed by atoms with E-state index in [2.05, 4.69) is 40.6 Å². The van der Waals surface area contributed by atoms with E-state index in [9.17, 15) is 4.79 Å². The summed E-state index contributed by atoms with van der Waals surface area (Å²) in [6.07, 6.45) is 6.04. The molecule has 16 heavy (non-hydrogen) atoms. The Kier molecular flexibility index (Phi) is 3.62. The molecule has 0 aliphatic carbocycles. The molecule has 1 aromatic rings. The van der Waals surface area contributed by atoms with E-state index in [1.54, 1.807) is 0 Å². The van der Waals surface area contributed by atoms with Gasteiger partial charge in [-0.05, 0) is 18.1 Å². The van der Waals surface area contributed by atoms with Crippen molar-refractivity contribution in [2.24, 2.45) is 0 Å². The molecule has 1 aliphatic rings. The summed E-state index contributed by atoms with van der Waals surface area (Å²) in [4.78, 5) is 11.0. The van der Waals surface area contributed by atoms with Crippen LogP contribution in [0.5, 0.6) is 0 Å². The van der Waals surface area contributed by atoms with Gasteiger partial charge in [-0.2, -0.15) is 0 Å². The van der Waals surface area contributed by atoms with E-state index in [4.69, 9.17) is 0 Å². The first-order valence-electron chi connectivity index (χ1n) is 5.92. The van der Waals surface area contributed by atoms with E-state index in [-0.39, 0.29) is 5.91 Å². The summed E-state index contributed by atoms with van der Waals surface area (Å²) in [6.45, 7) is 4.85. The summed E-state index contributed by atoms with van der Waals surface area (Å²) >= 11 is 0. The van der Waals surface area contributed by atoms with Crippen molar-refractivity contribution in [3.05, 3.63) is 24.0 Å². The number of nitrogens with one attached hydrogen (secondary N) is 2. The van der Waals surface area contributed by atoms with Gasteiger partial charge in [0, 0.05) is 44.5 Å². The Balaban J connectivity index is 1.78. The molecule has 1 unspecified atom stereocenters. The number of amides is 1. The van der Waals surface area contributed by atoms with E-state index in [1.807, 2.05) is 0 Å². The minimum atomic E-state index is 0.154. The number of carbonyl (C=O) groups is 1. The summed E-state index contributed by atoms with van der Waals surface area (Å²) in [7, 11) is 0. The monoisotopic (exact) mass is 221 g/mol. The molecule has 1 aromatic heterocycles. The van der Waals surface area contributed by atoms with Crippen molar-refractivity contribution in [1.82, 2.24) is 15.2 Å². The van der Waals surface area contributed by atoms with E-state index in [0.717, 1.165) is 26.1 Å². The molecule has 0 aromatic carbocycles. The van der Waals surface area contributed by atoms with Gasteiger partial charge in [-0.1, -0.05) is 6.92 Å². The highest BCUT2D eigenvalue weighted by Gasteiger charge is 2.20. The first kappa shape index (κ1) is 11.2. The van der Waals surface area contributed by atoms with Crippen LogP contribution in [-0.4, -0.2) is 23.1 Å². The Morgan fingerprint density at radius 1 is 1.62 bits per heavy atom. The van der Waals surface area contributed by atoms with Gasteiger partial charge in [0.15, 0.2) is 0 Å². The van der Waals surface area contributed by atoms with Gasteiger partial charge in [-0.25, -0.2) is 0 Å². The second-order valence-electron chi connectivity index (χ2n) is 4.34. The molecule has 4 nitrogen and oxygen atoms in total. The highest BCUT2D eigenvalue weighted by Crippen LogP contribution is 2.05. The number of rotatable bonds is 5. The van der Waals surface area contributed by atoms with Crippen LogP contribution in [0.1, 0.15) is 25.3 Å². The minimum absolute atomic E-state index is 0.154. The first-order chi connectivity index (χ1) is 7.78. The third-order valence-electron chi connectivity index (χ3n) is 2.87. The maximum atomic E-state index is 11.0. The number of aryl methyl sites for hydroxylation is 1. The van der Waals surface area contributed by atoms with Gasteiger partial charge in [-0.3, -0.25) is 4.79 Å². The SMILES string of the molecule is CCCn1ccc(CNC2CNC(=O)C2)c1. The summed E-state index contributed by atoms with van der Waals surface area (Å²) in [6, 6.07) is 2.43. The van der Waals surface area contributed by atoms with Crippen LogP contribution in [0.25, 0.3) is 0 Å². The van der Waals surface area contributed by atoms with Crippen LogP contribution in [-0.2, 0) is 17.9 Å². The summed E-state index contributed by atoms with van der Waals surface area (Å²) in [5, 5.41) is 6.21. The van der Waals surface area contributed by atoms with E-state index >= 15 is 0 Å². The van der Waals surface area contributed by atoms with Crippen LogP contribution in [0.4, 0.5) is 0 Å². The van der Waals surface area contributed by atoms with Gasteiger partial charge in [-0.15, -0.1) is 0 Å². The molecule has 2 rings (SSSR count). The maximum absolute atomic E-state index is 11.0. The Labute approximate surface area is 96.0 Å². The molecule has 0 bridgehead atoms. The quantitative estimate of drug-likeness (QED) is 0.775. The van der Waals surface area contributed by atoms with Gasteiger partial charge >= 0.3 is 0 Å². The Hall–Kier alpha value is -1.29. The molecular formula is C12H19N3O. The fourth-order valence-corrected chi connectivity index (χ4v) is 2.00. The Morgan fingerprint density at radius 2 is 2.50 bits per heavy atom. The van der Waals surface area contributed by atoms with Gasteiger partial charge in [0.1, 0.15) is 0 Å². The zero-order valence-electron chi connectivity index (χ0n) is 9.70. The van der Waals surface area contributed by atoms with Crippen molar-refractivity contribution < 1.29 is 4.79 Å². The summed E-state index contributed by atoms with van der Waals surface area (Å²) in [5.41, 5.74) is 1.28. The van der Waals surface area contributed by atoms with Crippen molar-refractivity contribution >= 4 is 5.91 Å². The molecule has 4 heteroatoms. The maximum Gasteiger partial charge on any atom is 0.221 e. The van der Waals surface area contributed by atoms with Gasteiger partial charge in [0.25, 0.3) is 0 Å². The summed E-state index contributed by atoms with van der Waals surface area (Å²) < 4.78 is 2.20. The second-order valence-corrected chi connectivity index (χ2v) is 4.34. The van der Waals surface area contributed by atoms with Crippen LogP contribution in [0.3, 0.4) is 0 Å². The third-order valence-corrected chi connectivity index (χ3v) is 2.87. The van der Waals surface area contributed by atoms with E-state index < -0.39 is 0 Å². The van der Waals surface area contributed by atoms with Crippen LogP contribution < -0.4 is 10.6 Å². The van der Waals surface area contributed by atoms with Crippen LogP contribution >= 0.6 is 0 Å². The standard InChI is InChI=1S/C12H19N3O/c1-2-4-15-5-3-10(9-15)7-13-11-6-12(16)14-8-11/h3,5,9,11,13H,2,4,6-8H2,1H3,(H,14,16).